The fraction of sp³-hybridized carbons (Fsp3) is 0.273. The standard InChI is InChI=1S/C11H12N6/c1-7-9-10(16(3)15-7)13-6-14-11(9)17-5-4-12-8(17)2/h4-6H,1-3H3. The highest BCUT2D eigenvalue weighted by molar-refractivity contribution is 5.85. The van der Waals surface area contributed by atoms with Gasteiger partial charge in [0.2, 0.25) is 0 Å². The van der Waals surface area contributed by atoms with Gasteiger partial charge in [0.15, 0.2) is 11.5 Å². The summed E-state index contributed by atoms with van der Waals surface area (Å²) in [7, 11) is 1.88. The Morgan fingerprint density at radius 2 is 1.94 bits per heavy atom. The smallest absolute Gasteiger partial charge is 0.163 e. The molecule has 6 nitrogen and oxygen atoms in total. The van der Waals surface area contributed by atoms with E-state index in [1.807, 2.05) is 31.7 Å². The minimum absolute atomic E-state index is 0.829. The highest BCUT2D eigenvalue weighted by Crippen LogP contribution is 2.21. The van der Waals surface area contributed by atoms with Crippen LogP contribution in [0.5, 0.6) is 0 Å². The van der Waals surface area contributed by atoms with Crippen molar-refractivity contribution in [1.82, 2.24) is 29.3 Å². The van der Waals surface area contributed by atoms with Crippen LogP contribution in [-0.4, -0.2) is 29.3 Å². The molecule has 0 N–H and O–H groups in total. The second-order valence-electron chi connectivity index (χ2n) is 3.95. The molecule has 17 heavy (non-hydrogen) atoms. The van der Waals surface area contributed by atoms with E-state index in [4.69, 9.17) is 0 Å². The van der Waals surface area contributed by atoms with E-state index in [-0.39, 0.29) is 0 Å². The summed E-state index contributed by atoms with van der Waals surface area (Å²) in [6.45, 7) is 3.90. The quantitative estimate of drug-likeness (QED) is 0.627. The van der Waals surface area contributed by atoms with Crippen LogP contribution in [0.4, 0.5) is 0 Å². The van der Waals surface area contributed by atoms with E-state index in [2.05, 4.69) is 20.1 Å². The summed E-state index contributed by atoms with van der Waals surface area (Å²) < 4.78 is 3.71. The van der Waals surface area contributed by atoms with Crippen molar-refractivity contribution in [3.8, 4) is 5.82 Å². The molecule has 3 heterocycles. The molecule has 0 radical (unpaired) electrons. The van der Waals surface area contributed by atoms with Gasteiger partial charge >= 0.3 is 0 Å². The van der Waals surface area contributed by atoms with Gasteiger partial charge in [-0.2, -0.15) is 5.10 Å². The Morgan fingerprint density at radius 3 is 2.65 bits per heavy atom. The maximum Gasteiger partial charge on any atom is 0.163 e. The van der Waals surface area contributed by atoms with Gasteiger partial charge in [-0.3, -0.25) is 9.25 Å². The summed E-state index contributed by atoms with van der Waals surface area (Å²) >= 11 is 0. The molecule has 0 bridgehead atoms. The van der Waals surface area contributed by atoms with E-state index in [0.29, 0.717) is 0 Å². The van der Waals surface area contributed by atoms with Gasteiger partial charge in [0.1, 0.15) is 12.2 Å². The van der Waals surface area contributed by atoms with Crippen LogP contribution < -0.4 is 0 Å². The topological polar surface area (TPSA) is 61.4 Å². The molecule has 6 heteroatoms. The molecule has 0 saturated heterocycles. The molecule has 3 rings (SSSR count). The minimum atomic E-state index is 0.829. The maximum absolute atomic E-state index is 4.37. The lowest BCUT2D eigenvalue weighted by molar-refractivity contribution is 0.773. The minimum Gasteiger partial charge on any atom is -0.287 e. The zero-order valence-electron chi connectivity index (χ0n) is 9.92. The third-order valence-electron chi connectivity index (χ3n) is 2.83. The molecule has 0 aliphatic carbocycles. The average Bonchev–Trinajstić information content (AvgIpc) is 2.85. The van der Waals surface area contributed by atoms with Gasteiger partial charge in [-0.15, -0.1) is 0 Å². The molecule has 0 aromatic carbocycles. The van der Waals surface area contributed by atoms with Crippen LogP contribution in [0.3, 0.4) is 0 Å². The molecule has 0 saturated carbocycles. The third-order valence-corrected chi connectivity index (χ3v) is 2.83. The molecular formula is C11H12N6. The highest BCUT2D eigenvalue weighted by Gasteiger charge is 2.14. The summed E-state index contributed by atoms with van der Waals surface area (Å²) in [6, 6.07) is 0. The molecule has 3 aromatic rings. The number of imidazole rings is 1. The van der Waals surface area contributed by atoms with Gasteiger partial charge in [0.25, 0.3) is 0 Å². The lowest BCUT2D eigenvalue weighted by atomic mass is 10.3. The van der Waals surface area contributed by atoms with Crippen molar-refractivity contribution >= 4 is 11.0 Å². The zero-order valence-corrected chi connectivity index (χ0v) is 9.92. The van der Waals surface area contributed by atoms with Gasteiger partial charge in [0, 0.05) is 19.4 Å². The second-order valence-corrected chi connectivity index (χ2v) is 3.95. The molecule has 3 aromatic heterocycles. The van der Waals surface area contributed by atoms with E-state index in [1.54, 1.807) is 17.2 Å². The van der Waals surface area contributed by atoms with Crippen molar-refractivity contribution in [3.05, 3.63) is 30.2 Å². The largest absolute Gasteiger partial charge is 0.287 e. The van der Waals surface area contributed by atoms with Crippen LogP contribution in [0, 0.1) is 13.8 Å². The van der Waals surface area contributed by atoms with E-state index in [1.165, 1.54) is 0 Å². The van der Waals surface area contributed by atoms with Crippen LogP contribution in [0.2, 0.25) is 0 Å². The molecule has 86 valence electrons. The molecule has 0 unspecified atom stereocenters. The van der Waals surface area contributed by atoms with Gasteiger partial charge in [-0.1, -0.05) is 0 Å². The van der Waals surface area contributed by atoms with Crippen LogP contribution in [-0.2, 0) is 7.05 Å². The first kappa shape index (κ1) is 9.95. The first-order valence-corrected chi connectivity index (χ1v) is 5.33. The van der Waals surface area contributed by atoms with Crippen molar-refractivity contribution in [3.63, 3.8) is 0 Å². The van der Waals surface area contributed by atoms with Gasteiger partial charge in [-0.05, 0) is 13.8 Å². The van der Waals surface area contributed by atoms with Crippen molar-refractivity contribution in [1.29, 1.82) is 0 Å². The van der Waals surface area contributed by atoms with Gasteiger partial charge in [-0.25, -0.2) is 15.0 Å². The van der Waals surface area contributed by atoms with E-state index in [9.17, 15) is 0 Å². The van der Waals surface area contributed by atoms with Crippen LogP contribution in [0.25, 0.3) is 16.9 Å². The number of nitrogens with zero attached hydrogens (tertiary/aromatic N) is 6. The van der Waals surface area contributed by atoms with Crippen molar-refractivity contribution in [2.75, 3.05) is 0 Å². The molecular weight excluding hydrogens is 216 g/mol. The molecule has 0 atom stereocenters. The fourth-order valence-electron chi connectivity index (χ4n) is 2.04. The van der Waals surface area contributed by atoms with Crippen molar-refractivity contribution in [2.24, 2.45) is 7.05 Å². The molecule has 0 amide bonds. The second kappa shape index (κ2) is 3.38. The number of aryl methyl sites for hydroxylation is 3. The number of hydrogen-bond acceptors (Lipinski definition) is 4. The molecule has 0 aliphatic rings. The lowest BCUT2D eigenvalue weighted by Crippen LogP contribution is -2.01. The SMILES string of the molecule is Cc1nn(C)c2ncnc(-n3ccnc3C)c12. The van der Waals surface area contributed by atoms with Gasteiger partial charge < -0.3 is 0 Å². The Labute approximate surface area is 98.0 Å². The molecule has 0 fully saturated rings. The predicted molar refractivity (Wildman–Crippen MR) is 62.9 cm³/mol. The summed E-state index contributed by atoms with van der Waals surface area (Å²) in [4.78, 5) is 12.8. The third kappa shape index (κ3) is 1.33. The number of hydrogen-bond donors (Lipinski definition) is 0. The maximum atomic E-state index is 4.37. The zero-order chi connectivity index (χ0) is 12.0. The normalized spacial score (nSPS) is 11.2. The summed E-state index contributed by atoms with van der Waals surface area (Å²) in [6.07, 6.45) is 5.21. The number of fused-ring (bicyclic) bond motifs is 1. The number of aromatic nitrogens is 6. The van der Waals surface area contributed by atoms with Crippen LogP contribution in [0.15, 0.2) is 18.7 Å². The summed E-state index contributed by atoms with van der Waals surface area (Å²) in [5, 5.41) is 5.34. The summed E-state index contributed by atoms with van der Waals surface area (Å²) in [5.74, 6) is 1.73. The van der Waals surface area contributed by atoms with Crippen LogP contribution in [0.1, 0.15) is 11.5 Å². The van der Waals surface area contributed by atoms with E-state index >= 15 is 0 Å². The van der Waals surface area contributed by atoms with Crippen molar-refractivity contribution < 1.29 is 0 Å². The van der Waals surface area contributed by atoms with Crippen molar-refractivity contribution in [2.45, 2.75) is 13.8 Å². The van der Waals surface area contributed by atoms with Gasteiger partial charge in [0.05, 0.1) is 11.1 Å². The first-order valence-electron chi connectivity index (χ1n) is 5.33. The summed E-state index contributed by atoms with van der Waals surface area (Å²) in [5.41, 5.74) is 1.76. The van der Waals surface area contributed by atoms with E-state index < -0.39 is 0 Å². The Morgan fingerprint density at radius 1 is 1.12 bits per heavy atom. The Hall–Kier alpha value is -2.24. The van der Waals surface area contributed by atoms with E-state index in [0.717, 1.165) is 28.4 Å². The Balaban J connectivity index is 2.42. The monoisotopic (exact) mass is 228 g/mol. The first-order chi connectivity index (χ1) is 8.18. The average molecular weight is 228 g/mol. The Kier molecular flexibility index (Phi) is 1.98. The van der Waals surface area contributed by atoms with Crippen LogP contribution >= 0.6 is 0 Å². The highest BCUT2D eigenvalue weighted by atomic mass is 15.3. The Bertz CT molecular complexity index is 693. The predicted octanol–water partition coefficient (Wildman–Crippen LogP) is 1.17. The fourth-order valence-corrected chi connectivity index (χ4v) is 2.04. The number of rotatable bonds is 1. The lowest BCUT2D eigenvalue weighted by Gasteiger charge is -2.05. The molecule has 0 aliphatic heterocycles. The molecule has 0 spiro atoms.